The normalized spacial score (nSPS) is 19.6. The molecule has 1 N–H and O–H groups in total. The molecule has 4 rings (SSSR count). The molecule has 2 amide bonds. The Morgan fingerprint density at radius 1 is 1.08 bits per heavy atom. The maximum atomic E-state index is 12.9. The Balaban J connectivity index is 1.28. The number of benzene rings is 2. The van der Waals surface area contributed by atoms with Crippen molar-refractivity contribution in [3.63, 3.8) is 0 Å². The van der Waals surface area contributed by atoms with Gasteiger partial charge >= 0.3 is 6.09 Å². The summed E-state index contributed by atoms with van der Waals surface area (Å²) in [6.45, 7) is 6.64. The maximum Gasteiger partial charge on any atom is 0.410 e. The van der Waals surface area contributed by atoms with Crippen LogP contribution in [0.4, 0.5) is 4.79 Å². The highest BCUT2D eigenvalue weighted by molar-refractivity contribution is 6.31. The minimum atomic E-state index is -0.526. The highest BCUT2D eigenvalue weighted by Crippen LogP contribution is 2.28. The molecule has 0 bridgehead atoms. The third kappa shape index (κ3) is 6.50. The molecule has 1 saturated carbocycles. The Morgan fingerprint density at radius 3 is 2.50 bits per heavy atom. The summed E-state index contributed by atoms with van der Waals surface area (Å²) < 4.78 is 11.5. The summed E-state index contributed by atoms with van der Waals surface area (Å²) in [5, 5.41) is 12.6. The van der Waals surface area contributed by atoms with Crippen LogP contribution < -0.4 is 10.1 Å². The topological polar surface area (TPSA) is 91.7 Å². The third-order valence-corrected chi connectivity index (χ3v) is 6.82. The van der Waals surface area contributed by atoms with E-state index in [1.165, 1.54) is 0 Å². The Morgan fingerprint density at radius 2 is 1.83 bits per heavy atom. The Hall–Kier alpha value is -3.24. The van der Waals surface area contributed by atoms with E-state index in [9.17, 15) is 9.59 Å². The number of halogens is 1. The van der Waals surface area contributed by atoms with E-state index in [2.05, 4.69) is 5.32 Å². The average Bonchev–Trinajstić information content (AvgIpc) is 2.83. The van der Waals surface area contributed by atoms with Crippen LogP contribution in [0.25, 0.3) is 0 Å². The van der Waals surface area contributed by atoms with Crippen LogP contribution in [0.2, 0.25) is 5.02 Å². The van der Waals surface area contributed by atoms with Gasteiger partial charge in [0, 0.05) is 30.8 Å². The van der Waals surface area contributed by atoms with Crippen LogP contribution in [-0.2, 0) is 17.7 Å². The molecule has 36 heavy (non-hydrogen) atoms. The van der Waals surface area contributed by atoms with Gasteiger partial charge in [0.25, 0.3) is 5.91 Å². The van der Waals surface area contributed by atoms with Crippen LogP contribution >= 0.6 is 11.6 Å². The van der Waals surface area contributed by atoms with Crippen LogP contribution in [0.5, 0.6) is 5.75 Å². The van der Waals surface area contributed by atoms with E-state index in [-0.39, 0.29) is 24.1 Å². The van der Waals surface area contributed by atoms with Gasteiger partial charge in [-0.15, -0.1) is 0 Å². The number of hydrogen-bond donors (Lipinski definition) is 1. The number of amides is 2. The summed E-state index contributed by atoms with van der Waals surface area (Å²) in [4.78, 5) is 27.0. The summed E-state index contributed by atoms with van der Waals surface area (Å²) in [6.07, 6.45) is 3.75. The van der Waals surface area contributed by atoms with Crippen molar-refractivity contribution in [2.75, 3.05) is 6.54 Å². The number of hydrogen-bond acceptors (Lipinski definition) is 5. The Kier molecular flexibility index (Phi) is 7.75. The van der Waals surface area contributed by atoms with Crippen molar-refractivity contribution in [2.24, 2.45) is 0 Å². The van der Waals surface area contributed by atoms with Crippen LogP contribution in [0, 0.1) is 11.3 Å². The van der Waals surface area contributed by atoms with E-state index < -0.39 is 5.60 Å². The second-order valence-electron chi connectivity index (χ2n) is 10.5. The number of carbonyl (C=O) groups is 2. The lowest BCUT2D eigenvalue weighted by molar-refractivity contribution is 0.0223. The first kappa shape index (κ1) is 25.8. The summed E-state index contributed by atoms with van der Waals surface area (Å²) in [6, 6.07) is 13.0. The van der Waals surface area contributed by atoms with Crippen LogP contribution in [-0.4, -0.2) is 41.2 Å². The molecule has 1 heterocycles. The van der Waals surface area contributed by atoms with E-state index in [4.69, 9.17) is 26.3 Å². The predicted molar refractivity (Wildman–Crippen MR) is 137 cm³/mol. The van der Waals surface area contributed by atoms with Gasteiger partial charge in [-0.05, 0) is 88.3 Å². The quantitative estimate of drug-likeness (QED) is 0.577. The molecule has 0 saturated heterocycles. The minimum absolute atomic E-state index is 0.0545. The summed E-state index contributed by atoms with van der Waals surface area (Å²) in [7, 11) is 0. The van der Waals surface area contributed by atoms with Gasteiger partial charge in [-0.3, -0.25) is 4.79 Å². The number of rotatable bonds is 4. The molecule has 0 spiro atoms. The van der Waals surface area contributed by atoms with Crippen molar-refractivity contribution >= 4 is 23.6 Å². The summed E-state index contributed by atoms with van der Waals surface area (Å²) >= 11 is 6.10. The molecule has 2 aromatic carbocycles. The van der Waals surface area contributed by atoms with Crippen molar-refractivity contribution in [3.05, 3.63) is 63.7 Å². The fourth-order valence-electron chi connectivity index (χ4n) is 4.62. The fourth-order valence-corrected chi connectivity index (χ4v) is 4.84. The van der Waals surface area contributed by atoms with Gasteiger partial charge < -0.3 is 19.7 Å². The van der Waals surface area contributed by atoms with Crippen LogP contribution in [0.15, 0.2) is 36.4 Å². The molecular formula is C28H32ClN3O4. The molecule has 0 unspecified atom stereocenters. The molecule has 0 aromatic heterocycles. The van der Waals surface area contributed by atoms with Crippen LogP contribution in [0.3, 0.4) is 0 Å². The monoisotopic (exact) mass is 509 g/mol. The van der Waals surface area contributed by atoms with E-state index in [0.717, 1.165) is 36.8 Å². The van der Waals surface area contributed by atoms with E-state index in [0.29, 0.717) is 41.4 Å². The molecule has 1 aliphatic carbocycles. The number of nitriles is 1. The fraction of sp³-hybridized carbons (Fsp3) is 0.464. The van der Waals surface area contributed by atoms with Gasteiger partial charge in [-0.25, -0.2) is 4.79 Å². The largest absolute Gasteiger partial charge is 0.490 e. The lowest BCUT2D eigenvalue weighted by Crippen LogP contribution is -2.40. The van der Waals surface area contributed by atoms with Crippen LogP contribution in [0.1, 0.15) is 73.5 Å². The summed E-state index contributed by atoms with van der Waals surface area (Å²) in [5.74, 6) is 0.585. The molecule has 7 nitrogen and oxygen atoms in total. The molecule has 0 atom stereocenters. The molecule has 2 aliphatic rings. The van der Waals surface area contributed by atoms with E-state index in [1.54, 1.807) is 23.1 Å². The standard InChI is InChI=1S/C28H32ClN3O4/c1-28(2,3)36-27(34)32-13-12-18-14-19(4-5-21(18)17-32)26(33)31-22-7-10-23(11-8-22)35-24-9-6-20(16-30)25(29)15-24/h4-6,9,14-15,22-23H,7-8,10-13,17H2,1-3H3,(H,31,33)/t22-,23-. The predicted octanol–water partition coefficient (Wildman–Crippen LogP) is 5.62. The summed E-state index contributed by atoms with van der Waals surface area (Å²) in [5.41, 5.74) is 2.69. The number of nitrogens with one attached hydrogen (secondary N) is 1. The molecule has 0 radical (unpaired) electrons. The van der Waals surface area contributed by atoms with Crippen molar-refractivity contribution in [1.82, 2.24) is 10.2 Å². The minimum Gasteiger partial charge on any atom is -0.490 e. The number of fused-ring (bicyclic) bond motifs is 1. The van der Waals surface area contributed by atoms with E-state index in [1.807, 2.05) is 45.0 Å². The highest BCUT2D eigenvalue weighted by Gasteiger charge is 2.27. The van der Waals surface area contributed by atoms with Crippen molar-refractivity contribution in [2.45, 2.75) is 77.2 Å². The molecule has 190 valence electrons. The van der Waals surface area contributed by atoms with E-state index >= 15 is 0 Å². The molecule has 1 aliphatic heterocycles. The SMILES string of the molecule is CC(C)(C)OC(=O)N1CCc2cc(C(=O)N[C@H]3CC[C@H](Oc4ccc(C#N)c(Cl)c4)CC3)ccc2C1. The van der Waals surface area contributed by atoms with Crippen molar-refractivity contribution < 1.29 is 19.1 Å². The lowest BCUT2D eigenvalue weighted by Gasteiger charge is -2.31. The molecule has 2 aromatic rings. The lowest BCUT2D eigenvalue weighted by atomic mass is 9.92. The average molecular weight is 510 g/mol. The number of carbonyl (C=O) groups excluding carboxylic acids is 2. The molecular weight excluding hydrogens is 478 g/mol. The number of ether oxygens (including phenoxy) is 2. The second-order valence-corrected chi connectivity index (χ2v) is 10.9. The van der Waals surface area contributed by atoms with Gasteiger partial charge in [0.05, 0.1) is 16.7 Å². The second kappa shape index (κ2) is 10.8. The first-order valence-electron chi connectivity index (χ1n) is 12.4. The highest BCUT2D eigenvalue weighted by atomic mass is 35.5. The van der Waals surface area contributed by atoms with Gasteiger partial charge in [0.1, 0.15) is 17.4 Å². The smallest absolute Gasteiger partial charge is 0.410 e. The zero-order chi connectivity index (χ0) is 25.9. The van der Waals surface area contributed by atoms with Gasteiger partial charge in [-0.2, -0.15) is 5.26 Å². The zero-order valence-corrected chi connectivity index (χ0v) is 21.7. The zero-order valence-electron chi connectivity index (χ0n) is 21.0. The van der Waals surface area contributed by atoms with Gasteiger partial charge in [0.15, 0.2) is 0 Å². The van der Waals surface area contributed by atoms with Crippen molar-refractivity contribution in [1.29, 1.82) is 5.26 Å². The van der Waals surface area contributed by atoms with Gasteiger partial charge in [0.2, 0.25) is 0 Å². The van der Waals surface area contributed by atoms with Gasteiger partial charge in [-0.1, -0.05) is 17.7 Å². The Labute approximate surface area is 217 Å². The maximum absolute atomic E-state index is 12.9. The Bertz CT molecular complexity index is 1180. The first-order chi connectivity index (χ1) is 17.1. The third-order valence-electron chi connectivity index (χ3n) is 6.51. The first-order valence-corrected chi connectivity index (χ1v) is 12.8. The number of nitrogens with zero attached hydrogens (tertiary/aromatic N) is 2. The van der Waals surface area contributed by atoms with Crippen molar-refractivity contribution in [3.8, 4) is 11.8 Å². The molecule has 8 heteroatoms. The molecule has 1 fully saturated rings.